The zero-order valence-corrected chi connectivity index (χ0v) is 15.0. The first-order chi connectivity index (χ1) is 11.2. The fraction of sp³-hybridized carbons (Fsp3) is 0.500. The van der Waals surface area contributed by atoms with Gasteiger partial charge in [0.1, 0.15) is 0 Å². The maximum Gasteiger partial charge on any atom is 0.311 e. The molecule has 0 aliphatic rings. The Morgan fingerprint density at radius 3 is 2.17 bits per heavy atom. The number of sulfonamides is 1. The molecule has 0 heterocycles. The number of carboxylic acid groups (broad SMARTS) is 1. The molecule has 0 aromatic heterocycles. The molecule has 0 fully saturated rings. The molecular weight excluding hydrogens is 332 g/mol. The van der Waals surface area contributed by atoms with Crippen molar-refractivity contribution in [2.45, 2.75) is 31.6 Å². The van der Waals surface area contributed by atoms with E-state index in [1.807, 2.05) is 0 Å². The monoisotopic (exact) mass is 356 g/mol. The third-order valence-electron chi connectivity index (χ3n) is 4.25. The van der Waals surface area contributed by atoms with Gasteiger partial charge in [-0.3, -0.25) is 9.59 Å². The number of hydrogen-bond acceptors (Lipinski definition) is 4. The molecular formula is C16H24N2O5S. The highest BCUT2D eigenvalue weighted by atomic mass is 32.2. The van der Waals surface area contributed by atoms with Crippen LogP contribution in [0, 0.1) is 5.41 Å². The predicted molar refractivity (Wildman–Crippen MR) is 89.9 cm³/mol. The summed E-state index contributed by atoms with van der Waals surface area (Å²) in [5.41, 5.74) is -1.04. The van der Waals surface area contributed by atoms with Gasteiger partial charge >= 0.3 is 5.97 Å². The number of benzene rings is 1. The third-order valence-corrected chi connectivity index (χ3v) is 6.07. The molecule has 0 aliphatic heterocycles. The van der Waals surface area contributed by atoms with E-state index in [0.717, 1.165) is 4.31 Å². The van der Waals surface area contributed by atoms with Crippen LogP contribution in [0.4, 0.5) is 0 Å². The number of carbonyl (C=O) groups excluding carboxylic acids is 1. The largest absolute Gasteiger partial charge is 0.481 e. The van der Waals surface area contributed by atoms with Gasteiger partial charge in [-0.1, -0.05) is 32.0 Å². The van der Waals surface area contributed by atoms with Gasteiger partial charge in [0.2, 0.25) is 15.9 Å². The second-order valence-electron chi connectivity index (χ2n) is 5.64. The van der Waals surface area contributed by atoms with Gasteiger partial charge in [-0.05, 0) is 25.0 Å². The van der Waals surface area contributed by atoms with Gasteiger partial charge in [0.25, 0.3) is 0 Å². The number of aliphatic carboxylic acids is 1. The Bertz CT molecular complexity index is 669. The standard InChI is InChI=1S/C16H24N2O5S/c1-4-16(5-2,15(20)21)12-17-14(19)11-18(3)24(22,23)13-9-7-6-8-10-13/h6-10H,4-5,11-12H2,1-3H3,(H,17,19)(H,20,21). The summed E-state index contributed by atoms with van der Waals surface area (Å²) in [6, 6.07) is 7.81. The molecule has 0 saturated heterocycles. The molecule has 134 valence electrons. The van der Waals surface area contributed by atoms with Crippen LogP contribution >= 0.6 is 0 Å². The van der Waals surface area contributed by atoms with Gasteiger partial charge in [-0.15, -0.1) is 0 Å². The van der Waals surface area contributed by atoms with E-state index in [0.29, 0.717) is 12.8 Å². The van der Waals surface area contributed by atoms with E-state index in [-0.39, 0.29) is 18.0 Å². The molecule has 0 radical (unpaired) electrons. The van der Waals surface area contributed by atoms with E-state index < -0.39 is 27.3 Å². The highest BCUT2D eigenvalue weighted by Gasteiger charge is 2.35. The maximum absolute atomic E-state index is 12.3. The first kappa shape index (κ1) is 20.1. The fourth-order valence-corrected chi connectivity index (χ4v) is 3.41. The Labute approximate surface area is 142 Å². The second kappa shape index (κ2) is 8.25. The molecule has 0 spiro atoms. The van der Waals surface area contributed by atoms with E-state index in [4.69, 9.17) is 0 Å². The molecule has 1 amide bonds. The van der Waals surface area contributed by atoms with Crippen molar-refractivity contribution >= 4 is 21.9 Å². The van der Waals surface area contributed by atoms with Crippen LogP contribution in [0.15, 0.2) is 35.2 Å². The zero-order chi connectivity index (χ0) is 18.4. The highest BCUT2D eigenvalue weighted by Crippen LogP contribution is 2.25. The van der Waals surface area contributed by atoms with Crippen molar-refractivity contribution in [2.75, 3.05) is 20.1 Å². The van der Waals surface area contributed by atoms with Crippen LogP contribution in [0.3, 0.4) is 0 Å². The normalized spacial score (nSPS) is 12.2. The summed E-state index contributed by atoms with van der Waals surface area (Å²) < 4.78 is 25.6. The van der Waals surface area contributed by atoms with Gasteiger partial charge in [-0.2, -0.15) is 4.31 Å². The van der Waals surface area contributed by atoms with Crippen molar-refractivity contribution in [3.8, 4) is 0 Å². The Hall–Kier alpha value is -1.93. The van der Waals surface area contributed by atoms with Crippen LogP contribution in [-0.2, 0) is 19.6 Å². The van der Waals surface area contributed by atoms with Gasteiger partial charge in [0.15, 0.2) is 0 Å². The number of amides is 1. The van der Waals surface area contributed by atoms with Crippen molar-refractivity contribution in [3.05, 3.63) is 30.3 Å². The predicted octanol–water partition coefficient (Wildman–Crippen LogP) is 1.31. The minimum absolute atomic E-state index is 0.0343. The molecule has 1 aromatic carbocycles. The number of rotatable bonds is 9. The minimum atomic E-state index is -3.76. The molecule has 0 saturated carbocycles. The number of nitrogens with zero attached hydrogens (tertiary/aromatic N) is 1. The SMILES string of the molecule is CCC(CC)(CNC(=O)CN(C)S(=O)(=O)c1ccccc1)C(=O)O. The van der Waals surface area contributed by atoms with Crippen molar-refractivity contribution in [3.63, 3.8) is 0 Å². The lowest BCUT2D eigenvalue weighted by Gasteiger charge is -2.27. The summed E-state index contributed by atoms with van der Waals surface area (Å²) in [6.07, 6.45) is 0.745. The molecule has 8 heteroatoms. The fourth-order valence-electron chi connectivity index (χ4n) is 2.26. The molecule has 0 atom stereocenters. The third kappa shape index (κ3) is 4.55. The van der Waals surface area contributed by atoms with Crippen molar-refractivity contribution in [1.29, 1.82) is 0 Å². The maximum atomic E-state index is 12.3. The summed E-state index contributed by atoms with van der Waals surface area (Å²) in [6.45, 7) is 3.08. The molecule has 24 heavy (non-hydrogen) atoms. The van der Waals surface area contributed by atoms with E-state index >= 15 is 0 Å². The van der Waals surface area contributed by atoms with Crippen LogP contribution in [0.2, 0.25) is 0 Å². The van der Waals surface area contributed by atoms with Crippen LogP contribution in [0.5, 0.6) is 0 Å². The van der Waals surface area contributed by atoms with Crippen molar-refractivity contribution in [2.24, 2.45) is 5.41 Å². The van der Waals surface area contributed by atoms with Crippen LogP contribution in [0.1, 0.15) is 26.7 Å². The van der Waals surface area contributed by atoms with E-state index in [9.17, 15) is 23.1 Å². The molecule has 1 rings (SSSR count). The average molecular weight is 356 g/mol. The number of carboxylic acids is 1. The number of nitrogens with one attached hydrogen (secondary N) is 1. The summed E-state index contributed by atoms with van der Waals surface area (Å²) in [7, 11) is -2.45. The summed E-state index contributed by atoms with van der Waals surface area (Å²) in [4.78, 5) is 23.5. The van der Waals surface area contributed by atoms with E-state index in [2.05, 4.69) is 5.32 Å². The first-order valence-electron chi connectivity index (χ1n) is 7.71. The van der Waals surface area contributed by atoms with Gasteiger partial charge in [-0.25, -0.2) is 8.42 Å². The van der Waals surface area contributed by atoms with Crippen LogP contribution < -0.4 is 5.32 Å². The molecule has 1 aromatic rings. The Balaban J connectivity index is 2.73. The lowest BCUT2D eigenvalue weighted by atomic mass is 9.82. The lowest BCUT2D eigenvalue weighted by molar-refractivity contribution is -0.149. The Morgan fingerprint density at radius 1 is 1.17 bits per heavy atom. The van der Waals surface area contributed by atoms with Crippen molar-refractivity contribution < 1.29 is 23.1 Å². The first-order valence-corrected chi connectivity index (χ1v) is 9.15. The summed E-state index contributed by atoms with van der Waals surface area (Å²) in [5, 5.41) is 11.9. The number of carbonyl (C=O) groups is 2. The Morgan fingerprint density at radius 2 is 1.71 bits per heavy atom. The topological polar surface area (TPSA) is 104 Å². The quantitative estimate of drug-likeness (QED) is 0.694. The average Bonchev–Trinajstić information content (AvgIpc) is 2.56. The minimum Gasteiger partial charge on any atom is -0.481 e. The number of likely N-dealkylation sites (N-methyl/N-ethyl adjacent to an activating group) is 1. The molecule has 0 bridgehead atoms. The number of hydrogen-bond donors (Lipinski definition) is 2. The smallest absolute Gasteiger partial charge is 0.311 e. The molecule has 0 unspecified atom stereocenters. The van der Waals surface area contributed by atoms with Gasteiger partial charge < -0.3 is 10.4 Å². The molecule has 7 nitrogen and oxygen atoms in total. The second-order valence-corrected chi connectivity index (χ2v) is 7.69. The highest BCUT2D eigenvalue weighted by molar-refractivity contribution is 7.89. The van der Waals surface area contributed by atoms with E-state index in [1.165, 1.54) is 19.2 Å². The molecule has 0 aliphatic carbocycles. The zero-order valence-electron chi connectivity index (χ0n) is 14.2. The molecule has 2 N–H and O–H groups in total. The van der Waals surface area contributed by atoms with Crippen LogP contribution in [0.25, 0.3) is 0 Å². The lowest BCUT2D eigenvalue weighted by Crippen LogP contribution is -2.45. The van der Waals surface area contributed by atoms with Crippen LogP contribution in [-0.4, -0.2) is 49.8 Å². The van der Waals surface area contributed by atoms with E-state index in [1.54, 1.807) is 32.0 Å². The Kier molecular flexibility index (Phi) is 6.92. The summed E-state index contributed by atoms with van der Waals surface area (Å²) in [5.74, 6) is -1.51. The van der Waals surface area contributed by atoms with Gasteiger partial charge in [0.05, 0.1) is 16.9 Å². The van der Waals surface area contributed by atoms with Gasteiger partial charge in [0, 0.05) is 13.6 Å². The van der Waals surface area contributed by atoms with Crippen molar-refractivity contribution in [1.82, 2.24) is 9.62 Å². The summed E-state index contributed by atoms with van der Waals surface area (Å²) >= 11 is 0.